The Bertz CT molecular complexity index is 891. The Labute approximate surface area is 168 Å². The van der Waals surface area contributed by atoms with Gasteiger partial charge in [0.15, 0.2) is 6.61 Å². The molecule has 1 amide bonds. The van der Waals surface area contributed by atoms with Crippen molar-refractivity contribution in [2.24, 2.45) is 0 Å². The number of carbonyl (C=O) groups excluding carboxylic acids is 3. The van der Waals surface area contributed by atoms with E-state index in [1.807, 2.05) is 6.07 Å². The van der Waals surface area contributed by atoms with E-state index in [4.69, 9.17) is 21.1 Å². The second-order valence-corrected chi connectivity index (χ2v) is 6.70. The number of esters is 2. The number of ether oxygens (including phenoxy) is 2. The SMILES string of the molecule is CCOC(=O)c1[nH]c(C)c(C(=O)OCC(=O)N[C@@H](C)c2cccc(Cl)c2)c1C. The normalized spacial score (nSPS) is 11.6. The smallest absolute Gasteiger partial charge is 0.355 e. The minimum absolute atomic E-state index is 0.199. The second kappa shape index (κ2) is 9.41. The number of nitrogens with one attached hydrogen (secondary N) is 2. The van der Waals surface area contributed by atoms with Gasteiger partial charge in [-0.25, -0.2) is 9.59 Å². The minimum atomic E-state index is -0.688. The minimum Gasteiger partial charge on any atom is -0.461 e. The molecule has 1 atom stereocenters. The zero-order valence-corrected chi connectivity index (χ0v) is 17.0. The van der Waals surface area contributed by atoms with Crippen LogP contribution in [0.25, 0.3) is 0 Å². The molecule has 2 rings (SSSR count). The number of hydrogen-bond acceptors (Lipinski definition) is 5. The monoisotopic (exact) mass is 406 g/mol. The predicted molar refractivity (Wildman–Crippen MR) is 105 cm³/mol. The van der Waals surface area contributed by atoms with Gasteiger partial charge in [0, 0.05) is 10.7 Å². The summed E-state index contributed by atoms with van der Waals surface area (Å²) in [6.07, 6.45) is 0. The molecule has 0 unspecified atom stereocenters. The van der Waals surface area contributed by atoms with Crippen LogP contribution in [0.1, 0.15) is 57.6 Å². The highest BCUT2D eigenvalue weighted by atomic mass is 35.5. The highest BCUT2D eigenvalue weighted by Crippen LogP contribution is 2.20. The van der Waals surface area contributed by atoms with Crippen molar-refractivity contribution >= 4 is 29.4 Å². The fourth-order valence-corrected chi connectivity index (χ4v) is 3.01. The molecule has 2 aromatic rings. The van der Waals surface area contributed by atoms with Crippen molar-refractivity contribution in [2.75, 3.05) is 13.2 Å². The summed E-state index contributed by atoms with van der Waals surface area (Å²) in [6.45, 7) is 6.55. The van der Waals surface area contributed by atoms with Crippen LogP contribution in [0, 0.1) is 13.8 Å². The summed E-state index contributed by atoms with van der Waals surface area (Å²) in [7, 11) is 0. The van der Waals surface area contributed by atoms with E-state index in [-0.39, 0.29) is 23.9 Å². The largest absolute Gasteiger partial charge is 0.461 e. The maximum absolute atomic E-state index is 12.4. The quantitative estimate of drug-likeness (QED) is 0.686. The topological polar surface area (TPSA) is 97.5 Å². The average Bonchev–Trinajstić information content (AvgIpc) is 2.94. The maximum atomic E-state index is 12.4. The molecule has 0 radical (unpaired) electrons. The number of aromatic nitrogens is 1. The Morgan fingerprint density at radius 3 is 2.54 bits per heavy atom. The molecular weight excluding hydrogens is 384 g/mol. The van der Waals surface area contributed by atoms with Gasteiger partial charge in [-0.1, -0.05) is 23.7 Å². The standard InChI is InChI=1S/C20H23ClN2O5/c1-5-27-20(26)18-11(2)17(13(4)23-18)19(25)28-10-16(24)22-12(3)14-7-6-8-15(21)9-14/h6-9,12,23H,5,10H2,1-4H3,(H,22,24)/t12-/m0/s1. The lowest BCUT2D eigenvalue weighted by Crippen LogP contribution is -2.31. The number of amides is 1. The van der Waals surface area contributed by atoms with Crippen molar-refractivity contribution < 1.29 is 23.9 Å². The van der Waals surface area contributed by atoms with Crippen molar-refractivity contribution in [3.05, 3.63) is 57.4 Å². The zero-order chi connectivity index (χ0) is 20.8. The molecule has 0 saturated carbocycles. The number of halogens is 1. The van der Waals surface area contributed by atoms with Crippen LogP contribution in [-0.2, 0) is 14.3 Å². The van der Waals surface area contributed by atoms with Crippen LogP contribution in [0.5, 0.6) is 0 Å². The van der Waals surface area contributed by atoms with E-state index in [1.165, 1.54) is 0 Å². The number of benzene rings is 1. The van der Waals surface area contributed by atoms with E-state index in [0.29, 0.717) is 16.3 Å². The summed E-state index contributed by atoms with van der Waals surface area (Å²) in [5, 5.41) is 3.31. The highest BCUT2D eigenvalue weighted by molar-refractivity contribution is 6.30. The Morgan fingerprint density at radius 2 is 1.89 bits per heavy atom. The van der Waals surface area contributed by atoms with Crippen LogP contribution in [0.15, 0.2) is 24.3 Å². The number of rotatable bonds is 7. The van der Waals surface area contributed by atoms with Gasteiger partial charge < -0.3 is 19.8 Å². The lowest BCUT2D eigenvalue weighted by atomic mass is 10.1. The third kappa shape index (κ3) is 5.13. The average molecular weight is 407 g/mol. The van der Waals surface area contributed by atoms with Crippen LogP contribution < -0.4 is 5.32 Å². The van der Waals surface area contributed by atoms with Gasteiger partial charge in [0.05, 0.1) is 18.2 Å². The molecule has 0 aliphatic heterocycles. The second-order valence-electron chi connectivity index (χ2n) is 6.27. The van der Waals surface area contributed by atoms with E-state index >= 15 is 0 Å². The van der Waals surface area contributed by atoms with Gasteiger partial charge in [0.25, 0.3) is 5.91 Å². The van der Waals surface area contributed by atoms with Crippen LogP contribution in [0.2, 0.25) is 5.02 Å². The summed E-state index contributed by atoms with van der Waals surface area (Å²) in [6, 6.07) is 6.83. The molecule has 28 heavy (non-hydrogen) atoms. The van der Waals surface area contributed by atoms with Crippen molar-refractivity contribution in [3.8, 4) is 0 Å². The summed E-state index contributed by atoms with van der Waals surface area (Å²) >= 11 is 5.95. The van der Waals surface area contributed by atoms with Crippen molar-refractivity contribution in [1.82, 2.24) is 10.3 Å². The molecule has 0 spiro atoms. The number of carbonyl (C=O) groups is 3. The zero-order valence-electron chi connectivity index (χ0n) is 16.2. The molecule has 7 nitrogen and oxygen atoms in total. The maximum Gasteiger partial charge on any atom is 0.355 e. The van der Waals surface area contributed by atoms with E-state index in [0.717, 1.165) is 5.56 Å². The molecule has 1 heterocycles. The molecule has 0 bridgehead atoms. The summed E-state index contributed by atoms with van der Waals surface area (Å²) in [4.78, 5) is 39.3. The van der Waals surface area contributed by atoms with Gasteiger partial charge in [-0.15, -0.1) is 0 Å². The van der Waals surface area contributed by atoms with E-state index in [9.17, 15) is 14.4 Å². The van der Waals surface area contributed by atoms with Gasteiger partial charge in [0.2, 0.25) is 0 Å². The molecular formula is C20H23ClN2O5. The first-order valence-electron chi connectivity index (χ1n) is 8.82. The first kappa shape index (κ1) is 21.5. The van der Waals surface area contributed by atoms with Crippen molar-refractivity contribution in [1.29, 1.82) is 0 Å². The third-order valence-electron chi connectivity index (χ3n) is 4.18. The Balaban J connectivity index is 1.98. The van der Waals surface area contributed by atoms with Crippen LogP contribution in [0.3, 0.4) is 0 Å². The fourth-order valence-electron chi connectivity index (χ4n) is 2.81. The summed E-state index contributed by atoms with van der Waals surface area (Å²) < 4.78 is 10.1. The van der Waals surface area contributed by atoms with Gasteiger partial charge in [-0.3, -0.25) is 4.79 Å². The van der Waals surface area contributed by atoms with Gasteiger partial charge in [-0.05, 0) is 51.0 Å². The van der Waals surface area contributed by atoms with Crippen LogP contribution >= 0.6 is 11.6 Å². The van der Waals surface area contributed by atoms with E-state index < -0.39 is 24.5 Å². The highest BCUT2D eigenvalue weighted by Gasteiger charge is 2.24. The van der Waals surface area contributed by atoms with Gasteiger partial charge in [-0.2, -0.15) is 0 Å². The number of aromatic amines is 1. The predicted octanol–water partition coefficient (Wildman–Crippen LogP) is 3.50. The summed E-state index contributed by atoms with van der Waals surface area (Å²) in [5.74, 6) is -1.68. The van der Waals surface area contributed by atoms with Crippen LogP contribution in [0.4, 0.5) is 0 Å². The molecule has 1 aromatic heterocycles. The molecule has 8 heteroatoms. The third-order valence-corrected chi connectivity index (χ3v) is 4.42. The first-order chi connectivity index (χ1) is 13.2. The fraction of sp³-hybridized carbons (Fsp3) is 0.350. The van der Waals surface area contributed by atoms with Gasteiger partial charge >= 0.3 is 11.9 Å². The van der Waals surface area contributed by atoms with Crippen LogP contribution in [-0.4, -0.2) is 36.0 Å². The Hall–Kier alpha value is -2.80. The molecule has 2 N–H and O–H groups in total. The van der Waals surface area contributed by atoms with Crippen molar-refractivity contribution in [2.45, 2.75) is 33.7 Å². The Kier molecular flexibility index (Phi) is 7.23. The lowest BCUT2D eigenvalue weighted by Gasteiger charge is -2.14. The lowest BCUT2D eigenvalue weighted by molar-refractivity contribution is -0.124. The molecule has 0 aliphatic rings. The van der Waals surface area contributed by atoms with E-state index in [2.05, 4.69) is 10.3 Å². The number of hydrogen-bond donors (Lipinski definition) is 2. The number of aryl methyl sites for hydroxylation is 1. The molecule has 0 aliphatic carbocycles. The number of H-pyrrole nitrogens is 1. The Morgan fingerprint density at radius 1 is 1.18 bits per heavy atom. The van der Waals surface area contributed by atoms with Gasteiger partial charge in [0.1, 0.15) is 5.69 Å². The molecule has 150 valence electrons. The molecule has 0 fully saturated rings. The molecule has 1 aromatic carbocycles. The van der Waals surface area contributed by atoms with E-state index in [1.54, 1.807) is 45.9 Å². The van der Waals surface area contributed by atoms with Crippen molar-refractivity contribution in [3.63, 3.8) is 0 Å². The summed E-state index contributed by atoms with van der Waals surface area (Å²) in [5.41, 5.74) is 2.15. The first-order valence-corrected chi connectivity index (χ1v) is 9.20. The molecule has 0 saturated heterocycles.